The van der Waals surface area contributed by atoms with Gasteiger partial charge < -0.3 is 5.32 Å². The molecule has 1 aromatic heterocycles. The molecule has 9 heteroatoms. The Bertz CT molecular complexity index is 737. The van der Waals surface area contributed by atoms with E-state index in [1.165, 1.54) is 17.3 Å². The SMILES string of the molecule is Fc1cc2ncnc(NCC3CCN(CC(F)(F)F)C3)c2cc1Br. The predicted octanol–water partition coefficient (Wildman–Crippen LogP) is 3.83. The smallest absolute Gasteiger partial charge is 0.369 e. The van der Waals surface area contributed by atoms with Gasteiger partial charge in [0, 0.05) is 24.5 Å². The zero-order chi connectivity index (χ0) is 17.3. The van der Waals surface area contributed by atoms with Crippen LogP contribution in [0, 0.1) is 11.7 Å². The van der Waals surface area contributed by atoms with Crippen LogP contribution in [0.4, 0.5) is 23.4 Å². The summed E-state index contributed by atoms with van der Waals surface area (Å²) in [6, 6.07) is 2.91. The lowest BCUT2D eigenvalue weighted by atomic mass is 10.1. The lowest BCUT2D eigenvalue weighted by Gasteiger charge is -2.18. The summed E-state index contributed by atoms with van der Waals surface area (Å²) in [5.74, 6) is 0.252. The topological polar surface area (TPSA) is 41.1 Å². The van der Waals surface area contributed by atoms with E-state index in [2.05, 4.69) is 31.2 Å². The Morgan fingerprint density at radius 1 is 1.29 bits per heavy atom. The van der Waals surface area contributed by atoms with Crippen LogP contribution in [0.1, 0.15) is 6.42 Å². The molecular formula is C15H15BrF4N4. The van der Waals surface area contributed by atoms with E-state index in [0.717, 1.165) is 0 Å². The zero-order valence-corrected chi connectivity index (χ0v) is 14.2. The quantitative estimate of drug-likeness (QED) is 0.783. The van der Waals surface area contributed by atoms with Crippen LogP contribution in [0.2, 0.25) is 0 Å². The van der Waals surface area contributed by atoms with Crippen LogP contribution in [0.15, 0.2) is 22.9 Å². The number of likely N-dealkylation sites (tertiary alicyclic amines) is 1. The van der Waals surface area contributed by atoms with Crippen molar-refractivity contribution in [2.45, 2.75) is 12.6 Å². The van der Waals surface area contributed by atoms with Crippen molar-refractivity contribution in [3.63, 3.8) is 0 Å². The van der Waals surface area contributed by atoms with Crippen molar-refractivity contribution in [2.24, 2.45) is 5.92 Å². The minimum Gasteiger partial charge on any atom is -0.369 e. The van der Waals surface area contributed by atoms with Crippen molar-refractivity contribution >= 4 is 32.7 Å². The molecule has 1 aliphatic rings. The zero-order valence-electron chi connectivity index (χ0n) is 12.6. The number of alkyl halides is 3. The monoisotopic (exact) mass is 406 g/mol. The van der Waals surface area contributed by atoms with Crippen LogP contribution < -0.4 is 5.32 Å². The molecule has 1 saturated heterocycles. The largest absolute Gasteiger partial charge is 0.401 e. The van der Waals surface area contributed by atoms with Crippen molar-refractivity contribution < 1.29 is 17.6 Å². The van der Waals surface area contributed by atoms with Crippen LogP contribution in [-0.2, 0) is 0 Å². The van der Waals surface area contributed by atoms with Crippen LogP contribution in [-0.4, -0.2) is 47.2 Å². The van der Waals surface area contributed by atoms with Crippen LogP contribution in [0.25, 0.3) is 10.9 Å². The Morgan fingerprint density at radius 3 is 2.83 bits per heavy atom. The number of nitrogens with zero attached hydrogens (tertiary/aromatic N) is 3. The summed E-state index contributed by atoms with van der Waals surface area (Å²) in [5.41, 5.74) is 0.471. The minimum absolute atomic E-state index is 0.112. The normalized spacial score (nSPS) is 19.1. The summed E-state index contributed by atoms with van der Waals surface area (Å²) in [7, 11) is 0. The van der Waals surface area contributed by atoms with Gasteiger partial charge >= 0.3 is 6.18 Å². The molecule has 2 aromatic rings. The molecular weight excluding hydrogens is 392 g/mol. The molecule has 3 rings (SSSR count). The Balaban J connectivity index is 1.65. The van der Waals surface area contributed by atoms with Gasteiger partial charge in [0.1, 0.15) is 18.0 Å². The molecule has 1 atom stereocenters. The summed E-state index contributed by atoms with van der Waals surface area (Å²) < 4.78 is 51.1. The number of fused-ring (bicyclic) bond motifs is 1. The first-order valence-corrected chi connectivity index (χ1v) is 8.24. The third kappa shape index (κ3) is 4.13. The number of anilines is 1. The molecule has 0 radical (unpaired) electrons. The van der Waals surface area contributed by atoms with E-state index in [-0.39, 0.29) is 5.92 Å². The van der Waals surface area contributed by atoms with Gasteiger partial charge in [-0.15, -0.1) is 0 Å². The number of benzene rings is 1. The number of nitrogens with one attached hydrogen (secondary N) is 1. The Morgan fingerprint density at radius 2 is 2.08 bits per heavy atom. The van der Waals surface area contributed by atoms with E-state index in [1.807, 2.05) is 0 Å². The molecule has 4 nitrogen and oxygen atoms in total. The second kappa shape index (κ2) is 6.79. The van der Waals surface area contributed by atoms with Crippen LogP contribution in [0.5, 0.6) is 0 Å². The van der Waals surface area contributed by atoms with Crippen molar-refractivity contribution in [2.75, 3.05) is 31.5 Å². The fraction of sp³-hybridized carbons (Fsp3) is 0.467. The highest BCUT2D eigenvalue weighted by atomic mass is 79.9. The standard InChI is InChI=1S/C15H15BrF4N4/c16-11-3-10-13(4-12(11)17)22-8-23-14(10)21-5-9-1-2-24(6-9)7-15(18,19)20/h3-4,8-9H,1-2,5-7H2,(H,21,22,23). The molecule has 2 heterocycles. The fourth-order valence-electron chi connectivity index (χ4n) is 2.91. The minimum atomic E-state index is -4.17. The first-order valence-electron chi connectivity index (χ1n) is 7.44. The van der Waals surface area contributed by atoms with Gasteiger partial charge in [0.15, 0.2) is 0 Å². The van der Waals surface area contributed by atoms with Crippen LogP contribution >= 0.6 is 15.9 Å². The summed E-state index contributed by atoms with van der Waals surface area (Å²) in [4.78, 5) is 9.60. The molecule has 0 spiro atoms. The lowest BCUT2D eigenvalue weighted by molar-refractivity contribution is -0.143. The first-order chi connectivity index (χ1) is 11.3. The van der Waals surface area contributed by atoms with E-state index in [4.69, 9.17) is 0 Å². The highest BCUT2D eigenvalue weighted by Crippen LogP contribution is 2.27. The van der Waals surface area contributed by atoms with Gasteiger partial charge in [-0.05, 0) is 40.9 Å². The second-order valence-electron chi connectivity index (χ2n) is 5.89. The van der Waals surface area contributed by atoms with E-state index in [9.17, 15) is 17.6 Å². The molecule has 24 heavy (non-hydrogen) atoms. The summed E-state index contributed by atoms with van der Waals surface area (Å²) in [6.07, 6.45) is -2.13. The van der Waals surface area contributed by atoms with Crippen molar-refractivity contribution in [1.29, 1.82) is 0 Å². The lowest BCUT2D eigenvalue weighted by Crippen LogP contribution is -2.33. The average molecular weight is 407 g/mol. The maximum absolute atomic E-state index is 13.6. The maximum Gasteiger partial charge on any atom is 0.401 e. The van der Waals surface area contributed by atoms with Gasteiger partial charge in [-0.25, -0.2) is 14.4 Å². The number of halogens is 5. The number of hydrogen-bond donors (Lipinski definition) is 1. The summed E-state index contributed by atoms with van der Waals surface area (Å²) in [6.45, 7) is 0.475. The van der Waals surface area contributed by atoms with E-state index in [0.29, 0.717) is 47.2 Å². The number of aromatic nitrogens is 2. The Labute approximate surface area is 144 Å². The maximum atomic E-state index is 13.6. The van der Waals surface area contributed by atoms with E-state index >= 15 is 0 Å². The highest BCUT2D eigenvalue weighted by molar-refractivity contribution is 9.10. The van der Waals surface area contributed by atoms with Crippen LogP contribution in [0.3, 0.4) is 0 Å². The molecule has 1 aromatic carbocycles. The second-order valence-corrected chi connectivity index (χ2v) is 6.75. The molecule has 0 amide bonds. The van der Waals surface area contributed by atoms with Gasteiger partial charge in [0.05, 0.1) is 16.5 Å². The molecule has 0 saturated carbocycles. The molecule has 1 aliphatic heterocycles. The average Bonchev–Trinajstić information content (AvgIpc) is 2.92. The van der Waals surface area contributed by atoms with Gasteiger partial charge in [-0.3, -0.25) is 4.90 Å². The third-order valence-corrected chi connectivity index (χ3v) is 4.62. The molecule has 1 fully saturated rings. The third-order valence-electron chi connectivity index (χ3n) is 4.01. The predicted molar refractivity (Wildman–Crippen MR) is 86.3 cm³/mol. The van der Waals surface area contributed by atoms with Gasteiger partial charge in [-0.2, -0.15) is 13.2 Å². The van der Waals surface area contributed by atoms with Gasteiger partial charge in [0.25, 0.3) is 0 Å². The highest BCUT2D eigenvalue weighted by Gasteiger charge is 2.34. The van der Waals surface area contributed by atoms with Gasteiger partial charge in [0.2, 0.25) is 0 Å². The van der Waals surface area contributed by atoms with Crippen molar-refractivity contribution in [3.05, 3.63) is 28.7 Å². The molecule has 1 N–H and O–H groups in total. The molecule has 130 valence electrons. The van der Waals surface area contributed by atoms with Gasteiger partial charge in [-0.1, -0.05) is 0 Å². The molecule has 0 aliphatic carbocycles. The van der Waals surface area contributed by atoms with Crippen molar-refractivity contribution in [3.8, 4) is 0 Å². The summed E-state index contributed by atoms with van der Waals surface area (Å²) >= 11 is 3.13. The fourth-order valence-corrected chi connectivity index (χ4v) is 3.25. The summed E-state index contributed by atoms with van der Waals surface area (Å²) in [5, 5.41) is 3.82. The Hall–Kier alpha value is -1.48. The van der Waals surface area contributed by atoms with Crippen molar-refractivity contribution in [1.82, 2.24) is 14.9 Å². The van der Waals surface area contributed by atoms with E-state index in [1.54, 1.807) is 6.07 Å². The Kier molecular flexibility index (Phi) is 4.91. The molecule has 1 unspecified atom stereocenters. The van der Waals surface area contributed by atoms with E-state index < -0.39 is 18.5 Å². The number of rotatable bonds is 4. The molecule has 0 bridgehead atoms. The number of hydrogen-bond acceptors (Lipinski definition) is 4. The first kappa shape index (κ1) is 17.3.